The number of halogens is 1. The van der Waals surface area contributed by atoms with Gasteiger partial charge in [0.2, 0.25) is 0 Å². The van der Waals surface area contributed by atoms with Crippen molar-refractivity contribution in [1.82, 2.24) is 20.3 Å². The zero-order valence-corrected chi connectivity index (χ0v) is 12.8. The maximum absolute atomic E-state index is 12.8. The molecular weight excluding hydrogens is 315 g/mol. The van der Waals surface area contributed by atoms with Crippen LogP contribution in [0.25, 0.3) is 0 Å². The van der Waals surface area contributed by atoms with Crippen LogP contribution in [0.1, 0.15) is 12.8 Å². The molecule has 2 amide bonds. The van der Waals surface area contributed by atoms with Crippen molar-refractivity contribution < 1.29 is 9.18 Å². The molecule has 2 aromatic rings. The van der Waals surface area contributed by atoms with Crippen molar-refractivity contribution >= 4 is 17.7 Å². The summed E-state index contributed by atoms with van der Waals surface area (Å²) in [5, 5.41) is 5.39. The third-order valence-corrected chi connectivity index (χ3v) is 3.71. The number of nitrogens with one attached hydrogen (secondary N) is 3. The van der Waals surface area contributed by atoms with Gasteiger partial charge in [0.15, 0.2) is 5.82 Å². The van der Waals surface area contributed by atoms with Crippen molar-refractivity contribution in [2.24, 2.45) is 0 Å². The molecule has 0 spiro atoms. The number of H-pyrrole nitrogens is 1. The number of rotatable bonds is 3. The van der Waals surface area contributed by atoms with E-state index in [-0.39, 0.29) is 17.4 Å². The fraction of sp³-hybridized carbons (Fsp3) is 0.333. The number of carbonyl (C=O) groups excluding carboxylic acids is 1. The van der Waals surface area contributed by atoms with Gasteiger partial charge in [0, 0.05) is 31.5 Å². The van der Waals surface area contributed by atoms with Crippen LogP contribution < -0.4 is 21.1 Å². The van der Waals surface area contributed by atoms with E-state index >= 15 is 0 Å². The average Bonchev–Trinajstić information content (AvgIpc) is 2.57. The first-order valence-electron chi connectivity index (χ1n) is 7.59. The zero-order valence-electron chi connectivity index (χ0n) is 12.8. The van der Waals surface area contributed by atoms with Gasteiger partial charge >= 0.3 is 6.03 Å². The van der Waals surface area contributed by atoms with Crippen LogP contribution in [0.3, 0.4) is 0 Å². The number of amides is 2. The molecule has 0 radical (unpaired) electrons. The molecule has 1 aliphatic rings. The van der Waals surface area contributed by atoms with Crippen LogP contribution >= 0.6 is 0 Å². The lowest BCUT2D eigenvalue weighted by Crippen LogP contribution is -2.50. The highest BCUT2D eigenvalue weighted by Crippen LogP contribution is 2.14. The van der Waals surface area contributed by atoms with Crippen LogP contribution in [-0.2, 0) is 0 Å². The molecule has 24 heavy (non-hydrogen) atoms. The second-order valence-electron chi connectivity index (χ2n) is 5.49. The number of hydrogen-bond acceptors (Lipinski definition) is 5. The van der Waals surface area contributed by atoms with Crippen LogP contribution in [0, 0.1) is 5.82 Å². The molecule has 0 aromatic carbocycles. The second-order valence-corrected chi connectivity index (χ2v) is 5.49. The Kier molecular flexibility index (Phi) is 4.69. The van der Waals surface area contributed by atoms with Gasteiger partial charge < -0.3 is 15.2 Å². The summed E-state index contributed by atoms with van der Waals surface area (Å²) in [6, 6.07) is 2.06. The molecule has 3 rings (SSSR count). The Balaban J connectivity index is 1.59. The standard InChI is InChI=1S/C15H17FN6O2/c16-10-3-4-12(19-8-10)21-15(24)20-11-2-1-7-22(9-11)13-14(23)18-6-5-17-13/h3-6,8,11H,1-2,7,9H2,(H,18,23)(H2,19,20,21,24)/t11-/m0/s1. The van der Waals surface area contributed by atoms with Crippen molar-refractivity contribution in [3.05, 3.63) is 46.9 Å². The van der Waals surface area contributed by atoms with E-state index in [0.717, 1.165) is 19.0 Å². The number of anilines is 2. The maximum atomic E-state index is 12.8. The minimum atomic E-state index is -0.468. The van der Waals surface area contributed by atoms with Crippen molar-refractivity contribution in [3.63, 3.8) is 0 Å². The number of carbonyl (C=O) groups is 1. The third-order valence-electron chi connectivity index (χ3n) is 3.71. The highest BCUT2D eigenvalue weighted by Gasteiger charge is 2.23. The molecule has 1 atom stereocenters. The number of piperidine rings is 1. The largest absolute Gasteiger partial charge is 0.350 e. The average molecular weight is 332 g/mol. The molecule has 0 aliphatic carbocycles. The summed E-state index contributed by atoms with van der Waals surface area (Å²) in [7, 11) is 0. The number of nitrogens with zero attached hydrogens (tertiary/aromatic N) is 3. The van der Waals surface area contributed by atoms with Gasteiger partial charge in [-0.1, -0.05) is 0 Å². The molecule has 3 N–H and O–H groups in total. The topological polar surface area (TPSA) is 103 Å². The minimum Gasteiger partial charge on any atom is -0.350 e. The first-order chi connectivity index (χ1) is 11.6. The van der Waals surface area contributed by atoms with Crippen LogP contribution in [0.2, 0.25) is 0 Å². The van der Waals surface area contributed by atoms with Gasteiger partial charge in [-0.2, -0.15) is 0 Å². The second kappa shape index (κ2) is 7.07. The first kappa shape index (κ1) is 15.9. The molecule has 1 aliphatic heterocycles. The van der Waals surface area contributed by atoms with E-state index in [9.17, 15) is 14.0 Å². The molecule has 0 unspecified atom stereocenters. The monoisotopic (exact) mass is 332 g/mol. The summed E-state index contributed by atoms with van der Waals surface area (Å²) in [5.74, 6) is 0.150. The van der Waals surface area contributed by atoms with Gasteiger partial charge in [0.1, 0.15) is 11.6 Å². The smallest absolute Gasteiger partial charge is 0.320 e. The summed E-state index contributed by atoms with van der Waals surface area (Å²) in [6.45, 7) is 1.20. The van der Waals surface area contributed by atoms with E-state index in [1.54, 1.807) is 0 Å². The van der Waals surface area contributed by atoms with Crippen LogP contribution in [0.15, 0.2) is 35.5 Å². The van der Waals surface area contributed by atoms with Gasteiger partial charge in [0.25, 0.3) is 5.56 Å². The maximum Gasteiger partial charge on any atom is 0.320 e. The van der Waals surface area contributed by atoms with E-state index in [0.29, 0.717) is 18.9 Å². The van der Waals surface area contributed by atoms with E-state index in [1.165, 1.54) is 24.5 Å². The predicted octanol–water partition coefficient (Wildman–Crippen LogP) is 1.09. The Labute approximate surface area is 137 Å². The lowest BCUT2D eigenvalue weighted by Gasteiger charge is -2.33. The van der Waals surface area contributed by atoms with Gasteiger partial charge in [-0.25, -0.2) is 19.2 Å². The number of urea groups is 1. The zero-order chi connectivity index (χ0) is 16.9. The van der Waals surface area contributed by atoms with Gasteiger partial charge in [-0.3, -0.25) is 10.1 Å². The number of aromatic nitrogens is 3. The molecule has 8 nitrogen and oxygen atoms in total. The van der Waals surface area contributed by atoms with Crippen molar-refractivity contribution in [2.45, 2.75) is 18.9 Å². The Bertz CT molecular complexity index is 763. The summed E-state index contributed by atoms with van der Waals surface area (Å²) in [4.78, 5) is 36.2. The molecule has 2 aromatic heterocycles. The fourth-order valence-corrected chi connectivity index (χ4v) is 2.64. The molecule has 9 heteroatoms. The van der Waals surface area contributed by atoms with E-state index < -0.39 is 11.8 Å². The quantitative estimate of drug-likeness (QED) is 0.781. The Morgan fingerprint density at radius 2 is 2.25 bits per heavy atom. The molecule has 0 bridgehead atoms. The molecule has 1 fully saturated rings. The Morgan fingerprint density at radius 1 is 1.38 bits per heavy atom. The van der Waals surface area contributed by atoms with Crippen LogP contribution in [0.5, 0.6) is 0 Å². The number of hydrogen-bond donors (Lipinski definition) is 3. The molecular formula is C15H17FN6O2. The summed E-state index contributed by atoms with van der Waals surface area (Å²) in [5.41, 5.74) is -0.252. The van der Waals surface area contributed by atoms with Gasteiger partial charge in [0.05, 0.1) is 6.20 Å². The van der Waals surface area contributed by atoms with E-state index in [2.05, 4.69) is 25.6 Å². The Hall–Kier alpha value is -2.97. The SMILES string of the molecule is O=C(Nc1ccc(F)cn1)N[C@H]1CCCN(c2ncc[nH]c2=O)C1. The molecule has 0 saturated carbocycles. The minimum absolute atomic E-state index is 0.124. The Morgan fingerprint density at radius 3 is 3.00 bits per heavy atom. The van der Waals surface area contributed by atoms with Gasteiger partial charge in [-0.05, 0) is 25.0 Å². The van der Waals surface area contributed by atoms with Crippen molar-refractivity contribution in [1.29, 1.82) is 0 Å². The summed E-state index contributed by atoms with van der Waals surface area (Å²) < 4.78 is 12.8. The predicted molar refractivity (Wildman–Crippen MR) is 86.4 cm³/mol. The van der Waals surface area contributed by atoms with Crippen LogP contribution in [0.4, 0.5) is 20.8 Å². The summed E-state index contributed by atoms with van der Waals surface area (Å²) >= 11 is 0. The highest BCUT2D eigenvalue weighted by molar-refractivity contribution is 5.88. The highest BCUT2D eigenvalue weighted by atomic mass is 19.1. The fourth-order valence-electron chi connectivity index (χ4n) is 2.64. The normalized spacial score (nSPS) is 17.4. The lowest BCUT2D eigenvalue weighted by molar-refractivity contribution is 0.246. The number of aromatic amines is 1. The van der Waals surface area contributed by atoms with Crippen LogP contribution in [-0.4, -0.2) is 40.1 Å². The van der Waals surface area contributed by atoms with E-state index in [4.69, 9.17) is 0 Å². The molecule has 126 valence electrons. The number of pyridine rings is 1. The first-order valence-corrected chi connectivity index (χ1v) is 7.59. The molecule has 3 heterocycles. The van der Waals surface area contributed by atoms with E-state index in [1.807, 2.05) is 4.90 Å². The van der Waals surface area contributed by atoms with Crippen molar-refractivity contribution in [3.8, 4) is 0 Å². The lowest BCUT2D eigenvalue weighted by atomic mass is 10.1. The van der Waals surface area contributed by atoms with Crippen molar-refractivity contribution in [2.75, 3.05) is 23.3 Å². The van der Waals surface area contributed by atoms with Gasteiger partial charge in [-0.15, -0.1) is 0 Å². The third kappa shape index (κ3) is 3.86. The molecule has 1 saturated heterocycles. The summed E-state index contributed by atoms with van der Waals surface area (Å²) in [6.07, 6.45) is 5.67.